The first-order chi connectivity index (χ1) is 12.4. The van der Waals surface area contributed by atoms with Gasteiger partial charge in [0.1, 0.15) is 6.61 Å². The van der Waals surface area contributed by atoms with Crippen molar-refractivity contribution in [3.05, 3.63) is 30.3 Å². The molecule has 6 heteroatoms. The van der Waals surface area contributed by atoms with Gasteiger partial charge in [0.15, 0.2) is 0 Å². The summed E-state index contributed by atoms with van der Waals surface area (Å²) in [7, 11) is 0. The number of para-hydroxylation sites is 1. The Morgan fingerprint density at radius 1 is 1.19 bits per heavy atom. The fraction of sp³-hybridized carbons (Fsp3) is 0.600. The molecule has 6 nitrogen and oxygen atoms in total. The minimum atomic E-state index is -0.327. The Labute approximate surface area is 155 Å². The van der Waals surface area contributed by atoms with E-state index in [2.05, 4.69) is 48.3 Å². The highest BCUT2D eigenvalue weighted by atomic mass is 16.5. The van der Waals surface area contributed by atoms with Gasteiger partial charge in [-0.25, -0.2) is 4.79 Å². The standard InChI is InChI=1S/C20H29N3O3/c1-15(24)26-10-9-21-19(25)22-12-16-11-20(2,3)18(14-22)23(13-16)17-7-5-4-6-8-17/h4-8,16,18H,9-14H2,1-3H3,(H,21,25)/t16-,18?/m1/s1. The number of ether oxygens (including phenoxy) is 1. The van der Waals surface area contributed by atoms with Crippen molar-refractivity contribution in [3.63, 3.8) is 0 Å². The van der Waals surface area contributed by atoms with E-state index in [4.69, 9.17) is 4.74 Å². The number of fused-ring (bicyclic) bond motifs is 4. The van der Waals surface area contributed by atoms with Gasteiger partial charge in [-0.15, -0.1) is 0 Å². The molecule has 1 aromatic rings. The van der Waals surface area contributed by atoms with Crippen LogP contribution in [0.15, 0.2) is 30.3 Å². The molecular weight excluding hydrogens is 330 g/mol. The van der Waals surface area contributed by atoms with Gasteiger partial charge in [0.05, 0.1) is 12.6 Å². The molecule has 3 aliphatic rings. The number of amides is 2. The van der Waals surface area contributed by atoms with E-state index in [1.807, 2.05) is 11.0 Å². The van der Waals surface area contributed by atoms with E-state index in [-0.39, 0.29) is 30.1 Å². The van der Waals surface area contributed by atoms with Gasteiger partial charge >= 0.3 is 12.0 Å². The molecule has 142 valence electrons. The Kier molecular flexibility index (Phi) is 5.39. The molecule has 2 amide bonds. The van der Waals surface area contributed by atoms with Gasteiger partial charge in [0.25, 0.3) is 0 Å². The number of piperidine rings is 1. The fourth-order valence-corrected chi connectivity index (χ4v) is 4.37. The van der Waals surface area contributed by atoms with Crippen molar-refractivity contribution in [3.8, 4) is 0 Å². The lowest BCUT2D eigenvalue weighted by Gasteiger charge is -2.48. The first-order valence-corrected chi connectivity index (χ1v) is 9.34. The molecule has 0 radical (unpaired) electrons. The lowest BCUT2D eigenvalue weighted by atomic mass is 9.73. The van der Waals surface area contributed by atoms with Gasteiger partial charge < -0.3 is 19.9 Å². The molecule has 1 aromatic carbocycles. The Morgan fingerprint density at radius 2 is 1.92 bits per heavy atom. The number of urea groups is 1. The number of nitrogens with zero attached hydrogens (tertiary/aromatic N) is 2. The molecule has 0 saturated carbocycles. The van der Waals surface area contributed by atoms with Crippen LogP contribution in [0, 0.1) is 11.3 Å². The van der Waals surface area contributed by atoms with Gasteiger partial charge in [-0.1, -0.05) is 32.0 Å². The molecule has 0 spiro atoms. The van der Waals surface area contributed by atoms with Crippen LogP contribution in [0.25, 0.3) is 0 Å². The zero-order chi connectivity index (χ0) is 18.7. The lowest BCUT2D eigenvalue weighted by molar-refractivity contribution is -0.140. The third-order valence-electron chi connectivity index (χ3n) is 5.48. The largest absolute Gasteiger partial charge is 0.464 e. The Morgan fingerprint density at radius 3 is 2.62 bits per heavy atom. The maximum absolute atomic E-state index is 12.6. The normalized spacial score (nSPS) is 24.1. The zero-order valence-corrected chi connectivity index (χ0v) is 15.9. The molecule has 3 heterocycles. The average Bonchev–Trinajstić information content (AvgIpc) is 2.86. The maximum Gasteiger partial charge on any atom is 0.317 e. The van der Waals surface area contributed by atoms with Crippen LogP contribution in [0.4, 0.5) is 10.5 Å². The Balaban J connectivity index is 1.69. The quantitative estimate of drug-likeness (QED) is 0.663. The molecule has 0 aliphatic carbocycles. The molecule has 0 aromatic heterocycles. The lowest BCUT2D eigenvalue weighted by Crippen LogP contribution is -2.54. The second-order valence-corrected chi connectivity index (χ2v) is 8.04. The predicted octanol–water partition coefficient (Wildman–Crippen LogP) is 2.50. The molecular formula is C20H29N3O3. The van der Waals surface area contributed by atoms with Gasteiger partial charge in [-0.2, -0.15) is 0 Å². The Hall–Kier alpha value is -2.24. The minimum Gasteiger partial charge on any atom is -0.464 e. The molecule has 3 fully saturated rings. The first kappa shape index (κ1) is 18.5. The van der Waals surface area contributed by atoms with Gasteiger partial charge in [0.2, 0.25) is 0 Å². The van der Waals surface area contributed by atoms with Crippen LogP contribution < -0.4 is 10.2 Å². The Bertz CT molecular complexity index is 647. The van der Waals surface area contributed by atoms with Crippen molar-refractivity contribution in [1.82, 2.24) is 10.2 Å². The molecule has 2 atom stereocenters. The highest BCUT2D eigenvalue weighted by Crippen LogP contribution is 2.43. The summed E-state index contributed by atoms with van der Waals surface area (Å²) in [6.45, 7) is 8.99. The van der Waals surface area contributed by atoms with Crippen LogP contribution in [-0.4, -0.2) is 55.7 Å². The summed E-state index contributed by atoms with van der Waals surface area (Å²) in [6.07, 6.45) is 1.12. The zero-order valence-electron chi connectivity index (χ0n) is 15.9. The van der Waals surface area contributed by atoms with Crippen LogP contribution in [-0.2, 0) is 9.53 Å². The summed E-state index contributed by atoms with van der Waals surface area (Å²) < 4.78 is 4.89. The minimum absolute atomic E-state index is 0.0697. The molecule has 4 rings (SSSR count). The highest BCUT2D eigenvalue weighted by molar-refractivity contribution is 5.74. The third kappa shape index (κ3) is 4.11. The molecule has 3 aliphatic heterocycles. The smallest absolute Gasteiger partial charge is 0.317 e. The second-order valence-electron chi connectivity index (χ2n) is 8.04. The third-order valence-corrected chi connectivity index (χ3v) is 5.48. The second kappa shape index (κ2) is 7.56. The topological polar surface area (TPSA) is 61.9 Å². The monoisotopic (exact) mass is 359 g/mol. The average molecular weight is 359 g/mol. The van der Waals surface area contributed by atoms with Gasteiger partial charge in [-0.05, 0) is 29.9 Å². The molecule has 26 heavy (non-hydrogen) atoms. The summed E-state index contributed by atoms with van der Waals surface area (Å²) in [5.74, 6) is 0.121. The number of anilines is 1. The first-order valence-electron chi connectivity index (χ1n) is 9.34. The van der Waals surface area contributed by atoms with Crippen LogP contribution in [0.3, 0.4) is 0 Å². The molecule has 1 N–H and O–H groups in total. The summed E-state index contributed by atoms with van der Waals surface area (Å²) >= 11 is 0. The van der Waals surface area contributed by atoms with E-state index < -0.39 is 0 Å². The van der Waals surface area contributed by atoms with E-state index in [1.165, 1.54) is 12.6 Å². The van der Waals surface area contributed by atoms with E-state index in [1.54, 1.807) is 0 Å². The number of hydrogen-bond acceptors (Lipinski definition) is 4. The molecule has 3 saturated heterocycles. The van der Waals surface area contributed by atoms with Crippen molar-refractivity contribution >= 4 is 17.7 Å². The molecule has 2 bridgehead atoms. The van der Waals surface area contributed by atoms with Crippen molar-refractivity contribution in [2.24, 2.45) is 11.3 Å². The van der Waals surface area contributed by atoms with Gasteiger partial charge in [0, 0.05) is 32.2 Å². The number of hydrogen-bond donors (Lipinski definition) is 1. The van der Waals surface area contributed by atoms with E-state index >= 15 is 0 Å². The number of nitrogens with one attached hydrogen (secondary N) is 1. The van der Waals surface area contributed by atoms with Gasteiger partial charge in [-0.3, -0.25) is 4.79 Å². The van der Waals surface area contributed by atoms with E-state index in [9.17, 15) is 9.59 Å². The van der Waals surface area contributed by atoms with Crippen molar-refractivity contribution in [2.45, 2.75) is 33.2 Å². The van der Waals surface area contributed by atoms with Crippen molar-refractivity contribution < 1.29 is 14.3 Å². The number of benzene rings is 1. The van der Waals surface area contributed by atoms with Crippen LogP contribution in [0.2, 0.25) is 0 Å². The summed E-state index contributed by atoms with van der Waals surface area (Å²) in [6, 6.07) is 10.7. The number of rotatable bonds is 4. The number of esters is 1. The van der Waals surface area contributed by atoms with Crippen LogP contribution >= 0.6 is 0 Å². The molecule has 1 unspecified atom stereocenters. The SMILES string of the molecule is CC(=O)OCCNC(=O)N1CC2N(c3ccccc3)C[C@@H](C1)CC2(C)C. The number of carbonyl (C=O) groups excluding carboxylic acids is 2. The fourth-order valence-electron chi connectivity index (χ4n) is 4.37. The highest BCUT2D eigenvalue weighted by Gasteiger charge is 2.46. The summed E-state index contributed by atoms with van der Waals surface area (Å²) in [5.41, 5.74) is 1.37. The van der Waals surface area contributed by atoms with E-state index in [0.29, 0.717) is 19.0 Å². The number of carbonyl (C=O) groups is 2. The van der Waals surface area contributed by atoms with Crippen molar-refractivity contribution in [1.29, 1.82) is 0 Å². The maximum atomic E-state index is 12.6. The van der Waals surface area contributed by atoms with Crippen LogP contribution in [0.1, 0.15) is 27.2 Å². The summed E-state index contributed by atoms with van der Waals surface area (Å²) in [5, 5.41) is 2.88. The summed E-state index contributed by atoms with van der Waals surface area (Å²) in [4.78, 5) is 27.8. The predicted molar refractivity (Wildman–Crippen MR) is 101 cm³/mol. The van der Waals surface area contributed by atoms with Crippen LogP contribution in [0.5, 0.6) is 0 Å². The van der Waals surface area contributed by atoms with E-state index in [0.717, 1.165) is 19.5 Å². The van der Waals surface area contributed by atoms with Crippen molar-refractivity contribution in [2.75, 3.05) is 37.7 Å².